The monoisotopic (exact) mass is 403 g/mol. The zero-order valence-electron chi connectivity index (χ0n) is 16.8. The minimum atomic E-state index is 0.573. The Hall–Kier alpha value is -4.31. The first-order valence-electron chi connectivity index (χ1n) is 10.1. The third-order valence-electron chi connectivity index (χ3n) is 5.08. The van der Waals surface area contributed by atoms with E-state index in [-0.39, 0.29) is 0 Å². The summed E-state index contributed by atoms with van der Waals surface area (Å²) in [6, 6.07) is 36.1. The van der Waals surface area contributed by atoms with E-state index in [2.05, 4.69) is 34.6 Å². The van der Waals surface area contributed by atoms with E-state index in [1.54, 1.807) is 0 Å². The highest BCUT2D eigenvalue weighted by Gasteiger charge is 2.10. The molecule has 0 unspecified atom stereocenters. The van der Waals surface area contributed by atoms with E-state index in [0.717, 1.165) is 44.2 Å². The van der Waals surface area contributed by atoms with Crippen LogP contribution in [0.4, 0.5) is 17.2 Å². The van der Waals surface area contributed by atoms with Crippen LogP contribution in [0.3, 0.4) is 0 Å². The molecule has 4 nitrogen and oxygen atoms in total. The summed E-state index contributed by atoms with van der Waals surface area (Å²) < 4.78 is 5.89. The van der Waals surface area contributed by atoms with Crippen molar-refractivity contribution in [3.05, 3.63) is 109 Å². The van der Waals surface area contributed by atoms with Gasteiger partial charge in [-0.15, -0.1) is 0 Å². The Balaban J connectivity index is 0.000000157. The number of nitrogen functional groups attached to an aromatic ring is 1. The van der Waals surface area contributed by atoms with Gasteiger partial charge in [-0.3, -0.25) is 0 Å². The second kappa shape index (κ2) is 8.20. The number of pyridine rings is 1. The van der Waals surface area contributed by atoms with Gasteiger partial charge in [0.15, 0.2) is 0 Å². The summed E-state index contributed by atoms with van der Waals surface area (Å²) in [5.74, 6) is 0.573. The molecule has 0 aliphatic carbocycles. The van der Waals surface area contributed by atoms with Crippen LogP contribution in [-0.2, 0) is 0 Å². The Kier molecular flexibility index (Phi) is 4.95. The van der Waals surface area contributed by atoms with Crippen LogP contribution in [0.25, 0.3) is 32.8 Å². The zero-order chi connectivity index (χ0) is 21.0. The van der Waals surface area contributed by atoms with Crippen LogP contribution in [0.1, 0.15) is 0 Å². The maximum atomic E-state index is 5.89. The Bertz CT molecular complexity index is 1470. The van der Waals surface area contributed by atoms with Crippen molar-refractivity contribution in [2.45, 2.75) is 0 Å². The quantitative estimate of drug-likeness (QED) is 0.322. The molecule has 0 radical (unpaired) electrons. The molecule has 4 aromatic carbocycles. The van der Waals surface area contributed by atoms with Crippen molar-refractivity contribution in [2.24, 2.45) is 0 Å². The number of benzene rings is 4. The van der Waals surface area contributed by atoms with Gasteiger partial charge in [0, 0.05) is 16.5 Å². The first kappa shape index (κ1) is 18.7. The van der Waals surface area contributed by atoms with Crippen LogP contribution in [0.15, 0.2) is 114 Å². The molecule has 0 saturated heterocycles. The molecule has 4 heteroatoms. The van der Waals surface area contributed by atoms with E-state index in [9.17, 15) is 0 Å². The number of nitrogens with two attached hydrogens (primary N) is 1. The molecule has 6 rings (SSSR count). The highest BCUT2D eigenvalue weighted by atomic mass is 16.3. The van der Waals surface area contributed by atoms with Gasteiger partial charge in [0.2, 0.25) is 0 Å². The Labute approximate surface area is 180 Å². The standard InChI is InChI=1S/C18H13NO.C9H8N2/c1-2-7-13(8-3-1)19-15-10-6-12-17-18(15)14-9-4-5-11-16(14)20-17;10-9-6-5-7-3-1-2-4-8(7)11-9/h1-12,19H;1-6H,(H2,10,11). The molecule has 0 aliphatic rings. The SMILES string of the molecule is Nc1ccc2ccccc2n1.c1ccc(Nc2cccc3oc4ccccc4c23)cc1. The molecular formula is C27H21N3O. The number of anilines is 3. The number of nitrogens with zero attached hydrogens (tertiary/aromatic N) is 1. The van der Waals surface area contributed by atoms with Crippen molar-refractivity contribution < 1.29 is 4.42 Å². The molecule has 0 fully saturated rings. The number of rotatable bonds is 2. The van der Waals surface area contributed by atoms with E-state index in [1.807, 2.05) is 84.9 Å². The van der Waals surface area contributed by atoms with Crippen LogP contribution in [0, 0.1) is 0 Å². The number of para-hydroxylation sites is 3. The van der Waals surface area contributed by atoms with Gasteiger partial charge >= 0.3 is 0 Å². The summed E-state index contributed by atoms with van der Waals surface area (Å²) in [7, 11) is 0. The second-order valence-corrected chi connectivity index (χ2v) is 7.20. The topological polar surface area (TPSA) is 64.1 Å². The number of furan rings is 1. The molecule has 0 amide bonds. The lowest BCUT2D eigenvalue weighted by molar-refractivity contribution is 0.669. The normalized spacial score (nSPS) is 10.7. The fraction of sp³-hybridized carbons (Fsp3) is 0. The summed E-state index contributed by atoms with van der Waals surface area (Å²) in [4.78, 5) is 4.15. The van der Waals surface area contributed by atoms with Gasteiger partial charge in [0.05, 0.1) is 16.6 Å². The molecular weight excluding hydrogens is 382 g/mol. The van der Waals surface area contributed by atoms with E-state index in [0.29, 0.717) is 5.82 Å². The summed E-state index contributed by atoms with van der Waals surface area (Å²) >= 11 is 0. The number of fused-ring (bicyclic) bond motifs is 4. The molecule has 3 N–H and O–H groups in total. The lowest BCUT2D eigenvalue weighted by Crippen LogP contribution is -1.89. The van der Waals surface area contributed by atoms with Crippen molar-refractivity contribution in [2.75, 3.05) is 11.1 Å². The predicted molar refractivity (Wildman–Crippen MR) is 130 cm³/mol. The third kappa shape index (κ3) is 3.91. The summed E-state index contributed by atoms with van der Waals surface area (Å²) in [5, 5.41) is 6.86. The van der Waals surface area contributed by atoms with Crippen LogP contribution >= 0.6 is 0 Å². The highest BCUT2D eigenvalue weighted by Crippen LogP contribution is 2.35. The average molecular weight is 403 g/mol. The van der Waals surface area contributed by atoms with E-state index in [1.165, 1.54) is 0 Å². The first-order chi connectivity index (χ1) is 15.3. The molecule has 2 heterocycles. The molecule has 0 aliphatic heterocycles. The zero-order valence-corrected chi connectivity index (χ0v) is 16.8. The maximum absolute atomic E-state index is 5.89. The average Bonchev–Trinajstić information content (AvgIpc) is 3.20. The molecule has 0 saturated carbocycles. The van der Waals surface area contributed by atoms with Gasteiger partial charge in [-0.25, -0.2) is 4.98 Å². The highest BCUT2D eigenvalue weighted by molar-refractivity contribution is 6.11. The Morgan fingerprint density at radius 1 is 0.645 bits per heavy atom. The Morgan fingerprint density at radius 3 is 2.29 bits per heavy atom. The fourth-order valence-electron chi connectivity index (χ4n) is 3.64. The number of hydrogen-bond donors (Lipinski definition) is 2. The Morgan fingerprint density at radius 2 is 1.39 bits per heavy atom. The summed E-state index contributed by atoms with van der Waals surface area (Å²) in [5.41, 5.74) is 10.4. The number of hydrogen-bond acceptors (Lipinski definition) is 4. The van der Waals surface area contributed by atoms with E-state index in [4.69, 9.17) is 10.2 Å². The minimum Gasteiger partial charge on any atom is -0.456 e. The second-order valence-electron chi connectivity index (χ2n) is 7.20. The molecule has 6 aromatic rings. The predicted octanol–water partition coefficient (Wildman–Crippen LogP) is 7.15. The number of nitrogens with one attached hydrogen (secondary N) is 1. The summed E-state index contributed by atoms with van der Waals surface area (Å²) in [6.45, 7) is 0. The van der Waals surface area contributed by atoms with Gasteiger partial charge in [-0.05, 0) is 48.5 Å². The van der Waals surface area contributed by atoms with Crippen molar-refractivity contribution >= 4 is 50.0 Å². The van der Waals surface area contributed by atoms with Gasteiger partial charge in [-0.2, -0.15) is 0 Å². The molecule has 0 atom stereocenters. The lowest BCUT2D eigenvalue weighted by atomic mass is 10.1. The van der Waals surface area contributed by atoms with Gasteiger partial charge < -0.3 is 15.5 Å². The first-order valence-corrected chi connectivity index (χ1v) is 10.1. The lowest BCUT2D eigenvalue weighted by Gasteiger charge is -2.07. The molecule has 0 spiro atoms. The molecule has 150 valence electrons. The minimum absolute atomic E-state index is 0.573. The van der Waals surface area contributed by atoms with E-state index < -0.39 is 0 Å². The fourth-order valence-corrected chi connectivity index (χ4v) is 3.64. The van der Waals surface area contributed by atoms with Crippen molar-refractivity contribution in [1.82, 2.24) is 4.98 Å². The third-order valence-corrected chi connectivity index (χ3v) is 5.08. The molecule has 31 heavy (non-hydrogen) atoms. The largest absolute Gasteiger partial charge is 0.456 e. The summed E-state index contributed by atoms with van der Waals surface area (Å²) in [6.07, 6.45) is 0. The smallest absolute Gasteiger partial charge is 0.137 e. The van der Waals surface area contributed by atoms with Crippen molar-refractivity contribution in [1.29, 1.82) is 0 Å². The molecule has 2 aromatic heterocycles. The van der Waals surface area contributed by atoms with E-state index >= 15 is 0 Å². The van der Waals surface area contributed by atoms with Gasteiger partial charge in [0.25, 0.3) is 0 Å². The number of aromatic nitrogens is 1. The van der Waals surface area contributed by atoms with Crippen LogP contribution < -0.4 is 11.1 Å². The van der Waals surface area contributed by atoms with Crippen LogP contribution in [-0.4, -0.2) is 4.98 Å². The van der Waals surface area contributed by atoms with Gasteiger partial charge in [-0.1, -0.05) is 60.7 Å². The van der Waals surface area contributed by atoms with Gasteiger partial charge in [0.1, 0.15) is 17.0 Å². The van der Waals surface area contributed by atoms with Crippen molar-refractivity contribution in [3.8, 4) is 0 Å². The van der Waals surface area contributed by atoms with Crippen LogP contribution in [0.2, 0.25) is 0 Å². The molecule has 0 bridgehead atoms. The van der Waals surface area contributed by atoms with Crippen LogP contribution in [0.5, 0.6) is 0 Å². The maximum Gasteiger partial charge on any atom is 0.137 e. The van der Waals surface area contributed by atoms with Crippen molar-refractivity contribution in [3.63, 3.8) is 0 Å².